The molecule has 4 heteroatoms. The summed E-state index contributed by atoms with van der Waals surface area (Å²) in [4.78, 5) is 0. The average molecular weight is 225 g/mol. The molecule has 0 fully saturated rings. The molecular weight excluding hydrogens is 206 g/mol. The Balaban J connectivity index is 0. The van der Waals surface area contributed by atoms with Gasteiger partial charge in [-0.1, -0.05) is 39.3 Å². The zero-order valence-corrected chi connectivity index (χ0v) is 10.7. The molecule has 1 radical (unpaired) electrons. The van der Waals surface area contributed by atoms with Crippen LogP contribution < -0.4 is 4.65 Å². The average Bonchev–Trinajstić information content (AvgIpc) is 1.14. The molecule has 67 valence electrons. The maximum atomic E-state index is 3.74. The minimum absolute atomic E-state index is 0. The van der Waals surface area contributed by atoms with Gasteiger partial charge in [-0.05, 0) is 0 Å². The van der Waals surface area contributed by atoms with Crippen molar-refractivity contribution in [3.63, 3.8) is 0 Å². The Morgan fingerprint density at radius 1 is 0.700 bits per heavy atom. The molecule has 0 saturated carbocycles. The van der Waals surface area contributed by atoms with Gasteiger partial charge < -0.3 is 4.65 Å². The van der Waals surface area contributed by atoms with Gasteiger partial charge in [0.05, 0.1) is 0 Å². The second kappa shape index (κ2) is 4.07. The Morgan fingerprint density at radius 3 is 0.900 bits per heavy atom. The molecule has 0 aliphatic rings. The standard InChI is InChI=1S/C6H19NSi2.Cu/c1-8(2,3)7-9(4,5)6;/h7H,1-6H3;. The van der Waals surface area contributed by atoms with Gasteiger partial charge >= 0.3 is 0 Å². The van der Waals surface area contributed by atoms with Crippen LogP contribution in [-0.2, 0) is 17.1 Å². The summed E-state index contributed by atoms with van der Waals surface area (Å²) in [5.74, 6) is 0. The van der Waals surface area contributed by atoms with Gasteiger partial charge in [0.2, 0.25) is 0 Å². The SMILES string of the molecule is C[Si](C)(C)N[Si](C)(C)C.[Cu]. The van der Waals surface area contributed by atoms with Crippen molar-refractivity contribution in [2.75, 3.05) is 0 Å². The van der Waals surface area contributed by atoms with Gasteiger partial charge in [0.1, 0.15) is 16.5 Å². The summed E-state index contributed by atoms with van der Waals surface area (Å²) in [7, 11) is -1.96. The van der Waals surface area contributed by atoms with E-state index in [4.69, 9.17) is 0 Å². The van der Waals surface area contributed by atoms with Crippen LogP contribution in [0, 0.1) is 0 Å². The molecule has 1 nitrogen and oxygen atoms in total. The molecule has 0 unspecified atom stereocenters. The van der Waals surface area contributed by atoms with E-state index < -0.39 is 16.5 Å². The van der Waals surface area contributed by atoms with Crippen LogP contribution >= 0.6 is 0 Å². The van der Waals surface area contributed by atoms with Crippen LogP contribution in [0.1, 0.15) is 0 Å². The second-order valence-electron chi connectivity index (χ2n) is 4.62. The summed E-state index contributed by atoms with van der Waals surface area (Å²) in [6, 6.07) is 0. The zero-order valence-electron chi connectivity index (χ0n) is 7.80. The van der Waals surface area contributed by atoms with Crippen LogP contribution in [0.25, 0.3) is 0 Å². The summed E-state index contributed by atoms with van der Waals surface area (Å²) >= 11 is 0. The van der Waals surface area contributed by atoms with E-state index in [-0.39, 0.29) is 17.1 Å². The Hall–Kier alpha value is 0.913. The van der Waals surface area contributed by atoms with E-state index in [1.165, 1.54) is 0 Å². The van der Waals surface area contributed by atoms with E-state index in [2.05, 4.69) is 43.9 Å². The summed E-state index contributed by atoms with van der Waals surface area (Å²) < 4.78 is 3.74. The third-order valence-electron chi connectivity index (χ3n) is 0.750. The third-order valence-corrected chi connectivity index (χ3v) is 6.75. The van der Waals surface area contributed by atoms with Gasteiger partial charge in [0.15, 0.2) is 0 Å². The summed E-state index contributed by atoms with van der Waals surface area (Å²) in [6.07, 6.45) is 0. The van der Waals surface area contributed by atoms with Crippen molar-refractivity contribution < 1.29 is 17.1 Å². The van der Waals surface area contributed by atoms with Crippen LogP contribution in [-0.4, -0.2) is 16.5 Å². The largest absolute Gasteiger partial charge is 0.360 e. The Bertz CT molecular complexity index is 80.9. The summed E-state index contributed by atoms with van der Waals surface area (Å²) in [5, 5.41) is 0. The summed E-state index contributed by atoms with van der Waals surface area (Å²) in [5.41, 5.74) is 0. The van der Waals surface area contributed by atoms with Crippen LogP contribution in [0.3, 0.4) is 0 Å². The van der Waals surface area contributed by atoms with Gasteiger partial charge in [0, 0.05) is 17.1 Å². The normalized spacial score (nSPS) is 12.6. The van der Waals surface area contributed by atoms with E-state index in [9.17, 15) is 0 Å². The molecule has 0 bridgehead atoms. The second-order valence-corrected chi connectivity index (χ2v) is 14.6. The molecule has 0 aromatic heterocycles. The fourth-order valence-electron chi connectivity index (χ4n) is 1.12. The number of rotatable bonds is 2. The van der Waals surface area contributed by atoms with Crippen molar-refractivity contribution >= 4 is 16.5 Å². The molecule has 0 aromatic rings. The van der Waals surface area contributed by atoms with Crippen molar-refractivity contribution in [1.29, 1.82) is 0 Å². The first-order valence-corrected chi connectivity index (χ1v) is 10.5. The van der Waals surface area contributed by atoms with Gasteiger partial charge in [-0.2, -0.15) is 0 Å². The smallest absolute Gasteiger partial charge is 0.109 e. The van der Waals surface area contributed by atoms with Gasteiger partial charge in [-0.15, -0.1) is 0 Å². The molecule has 0 aromatic carbocycles. The first kappa shape index (κ1) is 13.5. The van der Waals surface area contributed by atoms with Crippen molar-refractivity contribution in [1.82, 2.24) is 4.65 Å². The molecule has 0 saturated heterocycles. The molecular formula is C6H19CuNSi2. The maximum absolute atomic E-state index is 3.74. The monoisotopic (exact) mass is 224 g/mol. The fourth-order valence-corrected chi connectivity index (χ4v) is 10.1. The fraction of sp³-hybridized carbons (Fsp3) is 1.00. The predicted molar refractivity (Wildman–Crippen MR) is 49.8 cm³/mol. The molecule has 0 amide bonds. The third kappa shape index (κ3) is 11.7. The van der Waals surface area contributed by atoms with Crippen molar-refractivity contribution in [2.24, 2.45) is 0 Å². The van der Waals surface area contributed by atoms with Gasteiger partial charge in [-0.3, -0.25) is 0 Å². The Labute approximate surface area is 77.6 Å². The molecule has 0 spiro atoms. The molecule has 0 heterocycles. The number of nitrogens with one attached hydrogen (secondary N) is 1. The van der Waals surface area contributed by atoms with Gasteiger partial charge in [-0.25, -0.2) is 0 Å². The maximum Gasteiger partial charge on any atom is 0.109 e. The van der Waals surface area contributed by atoms with Gasteiger partial charge in [0.25, 0.3) is 0 Å². The van der Waals surface area contributed by atoms with E-state index in [0.717, 1.165) is 0 Å². The van der Waals surface area contributed by atoms with Crippen LogP contribution in [0.5, 0.6) is 0 Å². The minimum Gasteiger partial charge on any atom is -0.360 e. The molecule has 0 rings (SSSR count). The first-order valence-electron chi connectivity index (χ1n) is 3.50. The molecule has 10 heavy (non-hydrogen) atoms. The topological polar surface area (TPSA) is 12.0 Å². The van der Waals surface area contributed by atoms with Crippen molar-refractivity contribution in [2.45, 2.75) is 39.3 Å². The Morgan fingerprint density at radius 2 is 0.900 bits per heavy atom. The molecule has 0 atom stereocenters. The van der Waals surface area contributed by atoms with E-state index >= 15 is 0 Å². The van der Waals surface area contributed by atoms with Crippen LogP contribution in [0.15, 0.2) is 0 Å². The summed E-state index contributed by atoms with van der Waals surface area (Å²) in [6.45, 7) is 14.1. The minimum atomic E-state index is -0.981. The first-order chi connectivity index (χ1) is 3.71. The molecule has 0 aliphatic heterocycles. The van der Waals surface area contributed by atoms with Crippen LogP contribution in [0.2, 0.25) is 39.3 Å². The molecule has 0 aliphatic carbocycles. The Kier molecular flexibility index (Phi) is 5.49. The van der Waals surface area contributed by atoms with Crippen molar-refractivity contribution in [3.8, 4) is 0 Å². The van der Waals surface area contributed by atoms with E-state index in [1.807, 2.05) is 0 Å². The van der Waals surface area contributed by atoms with E-state index in [0.29, 0.717) is 0 Å². The number of hydrogen-bond acceptors (Lipinski definition) is 1. The predicted octanol–water partition coefficient (Wildman–Crippen LogP) is 2.24. The quantitative estimate of drug-likeness (QED) is 0.710. The van der Waals surface area contributed by atoms with E-state index in [1.54, 1.807) is 0 Å². The zero-order chi connectivity index (χ0) is 7.71. The molecule has 1 N–H and O–H groups in total. The van der Waals surface area contributed by atoms with Crippen LogP contribution in [0.4, 0.5) is 0 Å². The number of hydrogen-bond donors (Lipinski definition) is 1. The van der Waals surface area contributed by atoms with Crippen molar-refractivity contribution in [3.05, 3.63) is 0 Å².